The first-order valence-electron chi connectivity index (χ1n) is 7.78. The smallest absolute Gasteiger partial charge is 0.162 e. The Morgan fingerprint density at radius 2 is 1.88 bits per heavy atom. The number of rotatable bonds is 3. The van der Waals surface area contributed by atoms with Crippen LogP contribution in [0, 0.1) is 11.3 Å². The third-order valence-electron chi connectivity index (χ3n) is 4.26. The van der Waals surface area contributed by atoms with Crippen LogP contribution < -0.4 is 9.47 Å². The number of hydrogen-bond acceptors (Lipinski definition) is 6. The van der Waals surface area contributed by atoms with Crippen LogP contribution >= 0.6 is 0 Å². The highest BCUT2D eigenvalue weighted by atomic mass is 16.5. The highest BCUT2D eigenvalue weighted by Crippen LogP contribution is 2.36. The maximum absolute atomic E-state index is 10.0. The second kappa shape index (κ2) is 5.93. The van der Waals surface area contributed by atoms with Gasteiger partial charge < -0.3 is 14.6 Å². The molecular weight excluding hydrogens is 332 g/mol. The number of fused-ring (bicyclic) bond motifs is 2. The lowest BCUT2D eigenvalue weighted by Crippen LogP contribution is -2.00. The summed E-state index contributed by atoms with van der Waals surface area (Å²) in [5, 5.41) is 20.3. The SMILES string of the molecule is COc1cc2ncc(C#N)c(-n3cnc4c(O)cccc43)c2cc1OC. The number of pyridine rings is 1. The fourth-order valence-corrected chi connectivity index (χ4v) is 3.05. The summed E-state index contributed by atoms with van der Waals surface area (Å²) in [6.07, 6.45) is 3.09. The largest absolute Gasteiger partial charge is 0.506 e. The Labute approximate surface area is 148 Å². The van der Waals surface area contributed by atoms with Crippen LogP contribution in [-0.2, 0) is 0 Å². The second-order valence-corrected chi connectivity index (χ2v) is 5.62. The molecule has 4 rings (SSSR count). The average Bonchev–Trinajstić information content (AvgIpc) is 3.10. The van der Waals surface area contributed by atoms with E-state index in [4.69, 9.17) is 9.47 Å². The van der Waals surface area contributed by atoms with Crippen LogP contribution in [0.4, 0.5) is 0 Å². The number of aromatic nitrogens is 3. The number of methoxy groups -OCH3 is 2. The predicted molar refractivity (Wildman–Crippen MR) is 95.9 cm³/mol. The van der Waals surface area contributed by atoms with Crippen molar-refractivity contribution in [2.75, 3.05) is 14.2 Å². The average molecular weight is 346 g/mol. The molecule has 0 radical (unpaired) electrons. The molecule has 4 aromatic rings. The molecule has 0 aliphatic rings. The Kier molecular flexibility index (Phi) is 3.59. The number of nitriles is 1. The molecule has 0 spiro atoms. The number of benzene rings is 2. The molecule has 1 N–H and O–H groups in total. The lowest BCUT2D eigenvalue weighted by Gasteiger charge is -2.14. The molecule has 7 heteroatoms. The van der Waals surface area contributed by atoms with Crippen LogP contribution in [0.25, 0.3) is 27.6 Å². The van der Waals surface area contributed by atoms with E-state index < -0.39 is 0 Å². The fourth-order valence-electron chi connectivity index (χ4n) is 3.05. The van der Waals surface area contributed by atoms with Crippen LogP contribution in [0.2, 0.25) is 0 Å². The van der Waals surface area contributed by atoms with E-state index in [1.165, 1.54) is 6.20 Å². The minimum absolute atomic E-state index is 0.0809. The third kappa shape index (κ3) is 2.20. The molecule has 0 saturated heterocycles. The lowest BCUT2D eigenvalue weighted by atomic mass is 10.1. The molecular formula is C19H14N4O3. The maximum Gasteiger partial charge on any atom is 0.162 e. The minimum atomic E-state index is 0.0809. The summed E-state index contributed by atoms with van der Waals surface area (Å²) in [6, 6.07) is 10.9. The fraction of sp³-hybridized carbons (Fsp3) is 0.105. The minimum Gasteiger partial charge on any atom is -0.506 e. The van der Waals surface area contributed by atoms with Gasteiger partial charge in [-0.1, -0.05) is 6.07 Å². The monoisotopic (exact) mass is 346 g/mol. The van der Waals surface area contributed by atoms with Crippen molar-refractivity contribution in [3.8, 4) is 29.0 Å². The first-order valence-corrected chi connectivity index (χ1v) is 7.78. The van der Waals surface area contributed by atoms with E-state index in [2.05, 4.69) is 16.0 Å². The van der Waals surface area contributed by atoms with Gasteiger partial charge in [0.25, 0.3) is 0 Å². The van der Waals surface area contributed by atoms with Crippen LogP contribution in [0.15, 0.2) is 42.9 Å². The van der Waals surface area contributed by atoms with Crippen LogP contribution in [0.5, 0.6) is 17.2 Å². The molecule has 2 aromatic heterocycles. The van der Waals surface area contributed by atoms with Gasteiger partial charge >= 0.3 is 0 Å². The predicted octanol–water partition coefficient (Wildman–Crippen LogP) is 3.17. The van der Waals surface area contributed by atoms with Crippen molar-refractivity contribution < 1.29 is 14.6 Å². The van der Waals surface area contributed by atoms with E-state index in [0.717, 1.165) is 0 Å². The van der Waals surface area contributed by atoms with Gasteiger partial charge in [0, 0.05) is 17.6 Å². The number of phenols is 1. The van der Waals surface area contributed by atoms with Gasteiger partial charge in [-0.25, -0.2) is 4.98 Å². The molecule has 0 saturated carbocycles. The molecule has 2 aromatic carbocycles. The van der Waals surface area contributed by atoms with E-state index in [1.807, 2.05) is 6.07 Å². The van der Waals surface area contributed by atoms with E-state index >= 15 is 0 Å². The summed E-state index contributed by atoms with van der Waals surface area (Å²) in [5.74, 6) is 1.17. The first kappa shape index (κ1) is 15.7. The van der Waals surface area contributed by atoms with E-state index in [1.54, 1.807) is 49.4 Å². The Bertz CT molecular complexity index is 1190. The van der Waals surface area contributed by atoms with Crippen LogP contribution in [0.1, 0.15) is 5.56 Å². The molecule has 26 heavy (non-hydrogen) atoms. The second-order valence-electron chi connectivity index (χ2n) is 5.62. The van der Waals surface area contributed by atoms with Crippen molar-refractivity contribution in [1.29, 1.82) is 5.26 Å². The quantitative estimate of drug-likeness (QED) is 0.612. The third-order valence-corrected chi connectivity index (χ3v) is 4.26. The highest BCUT2D eigenvalue weighted by Gasteiger charge is 2.17. The summed E-state index contributed by atoms with van der Waals surface area (Å²) in [6.45, 7) is 0. The van der Waals surface area contributed by atoms with Crippen molar-refractivity contribution in [3.63, 3.8) is 0 Å². The topological polar surface area (TPSA) is 93.2 Å². The van der Waals surface area contributed by atoms with Gasteiger partial charge in [0.1, 0.15) is 23.7 Å². The number of ether oxygens (including phenoxy) is 2. The molecule has 128 valence electrons. The first-order chi connectivity index (χ1) is 12.7. The van der Waals surface area contributed by atoms with Crippen molar-refractivity contribution in [3.05, 3.63) is 48.4 Å². The molecule has 0 bridgehead atoms. The van der Waals surface area contributed by atoms with Gasteiger partial charge in [0.05, 0.1) is 36.5 Å². The zero-order valence-corrected chi connectivity index (χ0v) is 14.1. The Hall–Kier alpha value is -3.79. The van der Waals surface area contributed by atoms with Gasteiger partial charge in [0.15, 0.2) is 11.5 Å². The van der Waals surface area contributed by atoms with Crippen molar-refractivity contribution in [1.82, 2.24) is 14.5 Å². The Balaban J connectivity index is 2.13. The van der Waals surface area contributed by atoms with Crippen LogP contribution in [0.3, 0.4) is 0 Å². The zero-order chi connectivity index (χ0) is 18.3. The maximum atomic E-state index is 10.0. The van der Waals surface area contributed by atoms with Gasteiger partial charge in [-0.3, -0.25) is 9.55 Å². The molecule has 0 atom stereocenters. The number of phenolic OH excluding ortho intramolecular Hbond substituents is 1. The van der Waals surface area contributed by atoms with Gasteiger partial charge in [0.2, 0.25) is 0 Å². The Morgan fingerprint density at radius 1 is 1.12 bits per heavy atom. The summed E-state index contributed by atoms with van der Waals surface area (Å²) in [4.78, 5) is 8.64. The number of hydrogen-bond donors (Lipinski definition) is 1. The normalized spacial score (nSPS) is 10.8. The van der Waals surface area contributed by atoms with E-state index in [0.29, 0.717) is 44.7 Å². The number of aromatic hydroxyl groups is 1. The summed E-state index contributed by atoms with van der Waals surface area (Å²) < 4.78 is 12.5. The van der Waals surface area contributed by atoms with Gasteiger partial charge in [-0.05, 0) is 18.2 Å². The number of imidazole rings is 1. The lowest BCUT2D eigenvalue weighted by molar-refractivity contribution is 0.356. The summed E-state index contributed by atoms with van der Waals surface area (Å²) in [5.41, 5.74) is 2.79. The Morgan fingerprint density at radius 3 is 2.62 bits per heavy atom. The number of nitrogens with zero attached hydrogens (tertiary/aromatic N) is 4. The van der Waals surface area contributed by atoms with Crippen molar-refractivity contribution in [2.24, 2.45) is 0 Å². The van der Waals surface area contributed by atoms with Gasteiger partial charge in [-0.15, -0.1) is 0 Å². The number of para-hydroxylation sites is 1. The molecule has 2 heterocycles. The van der Waals surface area contributed by atoms with Crippen molar-refractivity contribution >= 4 is 21.9 Å². The van der Waals surface area contributed by atoms with E-state index in [-0.39, 0.29) is 5.75 Å². The molecule has 0 fully saturated rings. The summed E-state index contributed by atoms with van der Waals surface area (Å²) >= 11 is 0. The molecule has 0 unspecified atom stereocenters. The molecule has 0 aliphatic heterocycles. The van der Waals surface area contributed by atoms with Crippen LogP contribution in [-0.4, -0.2) is 33.9 Å². The van der Waals surface area contributed by atoms with Gasteiger partial charge in [-0.2, -0.15) is 5.26 Å². The molecule has 0 amide bonds. The molecule has 7 nitrogen and oxygen atoms in total. The zero-order valence-electron chi connectivity index (χ0n) is 14.1. The standard InChI is InChI=1S/C19H14N4O3/c1-25-16-6-12-13(7-17(16)26-2)21-9-11(8-20)19(12)23-10-22-18-14(23)4-3-5-15(18)24/h3-7,9-10,24H,1-2H3. The molecule has 0 aliphatic carbocycles. The highest BCUT2D eigenvalue weighted by molar-refractivity contribution is 5.94. The summed E-state index contributed by atoms with van der Waals surface area (Å²) in [7, 11) is 3.11. The van der Waals surface area contributed by atoms with E-state index in [9.17, 15) is 10.4 Å². The van der Waals surface area contributed by atoms with Crippen molar-refractivity contribution in [2.45, 2.75) is 0 Å².